The van der Waals surface area contributed by atoms with Crippen LogP contribution in [0.15, 0.2) is 18.3 Å². The number of ether oxygens (including phenoxy) is 1. The van der Waals surface area contributed by atoms with E-state index in [-0.39, 0.29) is 5.91 Å². The summed E-state index contributed by atoms with van der Waals surface area (Å²) in [6, 6.07) is 3.83. The van der Waals surface area contributed by atoms with Crippen LogP contribution in [0.5, 0.6) is 0 Å². The molecule has 0 aromatic carbocycles. The van der Waals surface area contributed by atoms with Crippen molar-refractivity contribution in [3.05, 3.63) is 23.9 Å². The fourth-order valence-corrected chi connectivity index (χ4v) is 1.60. The zero-order chi connectivity index (χ0) is 14.1. The van der Waals surface area contributed by atoms with Crippen molar-refractivity contribution < 1.29 is 9.53 Å². The fourth-order valence-electron chi connectivity index (χ4n) is 1.60. The molecule has 0 radical (unpaired) electrons. The van der Waals surface area contributed by atoms with E-state index in [1.807, 2.05) is 31.1 Å². The van der Waals surface area contributed by atoms with Gasteiger partial charge in [0.15, 0.2) is 0 Å². The average molecular weight is 266 g/mol. The highest BCUT2D eigenvalue weighted by atomic mass is 16.5. The average Bonchev–Trinajstić information content (AvgIpc) is 2.41. The van der Waals surface area contributed by atoms with E-state index in [0.717, 1.165) is 11.4 Å². The van der Waals surface area contributed by atoms with Gasteiger partial charge in [-0.2, -0.15) is 0 Å². The Hall–Kier alpha value is -1.66. The Morgan fingerprint density at radius 1 is 1.47 bits per heavy atom. The third kappa shape index (κ3) is 5.67. The van der Waals surface area contributed by atoms with Crippen LogP contribution < -0.4 is 15.5 Å². The second-order valence-electron chi connectivity index (χ2n) is 4.33. The molecule has 0 spiro atoms. The van der Waals surface area contributed by atoms with Gasteiger partial charge < -0.3 is 20.3 Å². The van der Waals surface area contributed by atoms with Gasteiger partial charge in [-0.3, -0.25) is 4.79 Å². The number of pyridine rings is 1. The van der Waals surface area contributed by atoms with Crippen LogP contribution in [-0.2, 0) is 16.1 Å². The molecule has 0 aliphatic carbocycles. The second kappa shape index (κ2) is 8.44. The lowest BCUT2D eigenvalue weighted by molar-refractivity contribution is -0.120. The zero-order valence-corrected chi connectivity index (χ0v) is 11.8. The third-order valence-electron chi connectivity index (χ3n) is 2.54. The van der Waals surface area contributed by atoms with Gasteiger partial charge in [0.25, 0.3) is 0 Å². The molecule has 6 nitrogen and oxygen atoms in total. The summed E-state index contributed by atoms with van der Waals surface area (Å²) in [4.78, 5) is 17.8. The largest absolute Gasteiger partial charge is 0.383 e. The molecule has 0 saturated heterocycles. The summed E-state index contributed by atoms with van der Waals surface area (Å²) in [5, 5.41) is 5.86. The topological polar surface area (TPSA) is 66.5 Å². The second-order valence-corrected chi connectivity index (χ2v) is 4.33. The van der Waals surface area contributed by atoms with E-state index in [4.69, 9.17) is 4.74 Å². The molecule has 0 bridgehead atoms. The molecular weight excluding hydrogens is 244 g/mol. The summed E-state index contributed by atoms with van der Waals surface area (Å²) in [6.45, 7) is 2.04. The molecule has 19 heavy (non-hydrogen) atoms. The highest BCUT2D eigenvalue weighted by molar-refractivity contribution is 5.78. The van der Waals surface area contributed by atoms with Gasteiger partial charge in [0, 0.05) is 46.1 Å². The number of methoxy groups -OCH3 is 1. The van der Waals surface area contributed by atoms with Crippen LogP contribution in [-0.4, -0.2) is 51.8 Å². The molecule has 1 rings (SSSR count). The van der Waals surface area contributed by atoms with Crippen molar-refractivity contribution in [3.8, 4) is 0 Å². The minimum Gasteiger partial charge on any atom is -0.383 e. The lowest BCUT2D eigenvalue weighted by Gasteiger charge is -2.16. The Morgan fingerprint density at radius 2 is 2.26 bits per heavy atom. The molecule has 1 aromatic rings. The summed E-state index contributed by atoms with van der Waals surface area (Å²) in [6.07, 6.45) is 1.74. The molecule has 0 unspecified atom stereocenters. The summed E-state index contributed by atoms with van der Waals surface area (Å²) in [7, 11) is 5.49. The van der Waals surface area contributed by atoms with E-state index < -0.39 is 0 Å². The molecule has 0 aliphatic heterocycles. The lowest BCUT2D eigenvalue weighted by Crippen LogP contribution is -2.35. The molecular formula is C13H22N4O2. The van der Waals surface area contributed by atoms with Crippen molar-refractivity contribution >= 4 is 11.7 Å². The van der Waals surface area contributed by atoms with E-state index in [1.165, 1.54) is 0 Å². The number of hydrogen-bond acceptors (Lipinski definition) is 5. The maximum atomic E-state index is 11.6. The number of rotatable bonds is 8. The lowest BCUT2D eigenvalue weighted by atomic mass is 10.2. The third-order valence-corrected chi connectivity index (χ3v) is 2.54. The standard InChI is InChI=1S/C13H22N4O2/c1-17(2)13-11(5-4-6-15-13)9-16-12(18)10-14-7-8-19-3/h4-6,14H,7-10H2,1-3H3,(H,16,18). The zero-order valence-electron chi connectivity index (χ0n) is 11.8. The Labute approximate surface area is 114 Å². The smallest absolute Gasteiger partial charge is 0.234 e. The maximum Gasteiger partial charge on any atom is 0.234 e. The molecule has 0 saturated carbocycles. The fraction of sp³-hybridized carbons (Fsp3) is 0.538. The first kappa shape index (κ1) is 15.4. The van der Waals surface area contributed by atoms with E-state index in [1.54, 1.807) is 13.3 Å². The van der Waals surface area contributed by atoms with Crippen molar-refractivity contribution in [2.24, 2.45) is 0 Å². The Balaban J connectivity index is 2.38. The number of hydrogen-bond donors (Lipinski definition) is 2. The van der Waals surface area contributed by atoms with Crippen molar-refractivity contribution in [2.75, 3.05) is 45.8 Å². The van der Waals surface area contributed by atoms with Crippen LogP contribution in [0.2, 0.25) is 0 Å². The summed E-state index contributed by atoms with van der Waals surface area (Å²) >= 11 is 0. The number of anilines is 1. The van der Waals surface area contributed by atoms with Gasteiger partial charge in [0.05, 0.1) is 13.2 Å². The Bertz CT molecular complexity index is 396. The molecule has 106 valence electrons. The van der Waals surface area contributed by atoms with E-state index >= 15 is 0 Å². The number of carbonyl (C=O) groups excluding carboxylic acids is 1. The first-order chi connectivity index (χ1) is 9.15. The normalized spacial score (nSPS) is 10.3. The quantitative estimate of drug-likeness (QED) is 0.648. The predicted octanol–water partition coefficient (Wildman–Crippen LogP) is -0.000200. The van der Waals surface area contributed by atoms with E-state index in [9.17, 15) is 4.79 Å². The Morgan fingerprint density at radius 3 is 2.95 bits per heavy atom. The van der Waals surface area contributed by atoms with E-state index in [2.05, 4.69) is 15.6 Å². The number of nitrogens with one attached hydrogen (secondary N) is 2. The summed E-state index contributed by atoms with van der Waals surface area (Å²) < 4.78 is 4.89. The van der Waals surface area contributed by atoms with Crippen molar-refractivity contribution in [3.63, 3.8) is 0 Å². The molecule has 1 aromatic heterocycles. The van der Waals surface area contributed by atoms with Gasteiger partial charge in [0.1, 0.15) is 5.82 Å². The summed E-state index contributed by atoms with van der Waals surface area (Å²) in [5.74, 6) is 0.833. The molecule has 0 atom stereocenters. The van der Waals surface area contributed by atoms with Crippen molar-refractivity contribution in [1.82, 2.24) is 15.6 Å². The van der Waals surface area contributed by atoms with Gasteiger partial charge in [-0.1, -0.05) is 6.07 Å². The molecule has 0 fully saturated rings. The molecule has 0 aliphatic rings. The number of nitrogens with zero attached hydrogens (tertiary/aromatic N) is 2. The highest BCUT2D eigenvalue weighted by Crippen LogP contribution is 2.13. The van der Waals surface area contributed by atoms with Crippen LogP contribution in [0.1, 0.15) is 5.56 Å². The highest BCUT2D eigenvalue weighted by Gasteiger charge is 2.06. The number of amides is 1. The molecule has 1 amide bonds. The van der Waals surface area contributed by atoms with Crippen LogP contribution in [0, 0.1) is 0 Å². The number of carbonyl (C=O) groups is 1. The van der Waals surface area contributed by atoms with Gasteiger partial charge in [-0.05, 0) is 6.07 Å². The number of aromatic nitrogens is 1. The van der Waals surface area contributed by atoms with Crippen LogP contribution in [0.25, 0.3) is 0 Å². The van der Waals surface area contributed by atoms with E-state index in [0.29, 0.717) is 26.2 Å². The van der Waals surface area contributed by atoms with Gasteiger partial charge in [0.2, 0.25) is 5.91 Å². The SMILES string of the molecule is COCCNCC(=O)NCc1cccnc1N(C)C. The van der Waals surface area contributed by atoms with Crippen molar-refractivity contribution in [2.45, 2.75) is 6.54 Å². The molecule has 1 heterocycles. The predicted molar refractivity (Wildman–Crippen MR) is 75.2 cm³/mol. The molecule has 2 N–H and O–H groups in total. The minimum atomic E-state index is -0.0373. The molecule has 6 heteroatoms. The van der Waals surface area contributed by atoms with Crippen LogP contribution in [0.3, 0.4) is 0 Å². The summed E-state index contributed by atoms with van der Waals surface area (Å²) in [5.41, 5.74) is 0.998. The first-order valence-corrected chi connectivity index (χ1v) is 6.22. The van der Waals surface area contributed by atoms with Crippen LogP contribution in [0.4, 0.5) is 5.82 Å². The first-order valence-electron chi connectivity index (χ1n) is 6.22. The Kier molecular flexibility index (Phi) is 6.84. The monoisotopic (exact) mass is 266 g/mol. The van der Waals surface area contributed by atoms with Crippen LogP contribution >= 0.6 is 0 Å². The van der Waals surface area contributed by atoms with Gasteiger partial charge in [-0.25, -0.2) is 4.98 Å². The van der Waals surface area contributed by atoms with Gasteiger partial charge in [-0.15, -0.1) is 0 Å². The minimum absolute atomic E-state index is 0.0373. The maximum absolute atomic E-state index is 11.6. The van der Waals surface area contributed by atoms with Gasteiger partial charge >= 0.3 is 0 Å². The van der Waals surface area contributed by atoms with Crippen molar-refractivity contribution in [1.29, 1.82) is 0 Å².